The number of hydrogen-bond donors (Lipinski definition) is 1. The van der Waals surface area contributed by atoms with Crippen molar-refractivity contribution < 1.29 is 4.74 Å². The average molecular weight is 223 g/mol. The van der Waals surface area contributed by atoms with Crippen LogP contribution >= 0.6 is 0 Å². The molecule has 0 radical (unpaired) electrons. The Hall–Kier alpha value is -0.870. The van der Waals surface area contributed by atoms with Crippen molar-refractivity contribution in [3.8, 4) is 0 Å². The minimum atomic E-state index is 0.372. The summed E-state index contributed by atoms with van der Waals surface area (Å²) in [5.41, 5.74) is 2.54. The van der Waals surface area contributed by atoms with Crippen LogP contribution in [0.1, 0.15) is 37.1 Å². The van der Waals surface area contributed by atoms with Gasteiger partial charge in [-0.25, -0.2) is 0 Å². The molecule has 2 heterocycles. The zero-order chi connectivity index (χ0) is 11.5. The van der Waals surface area contributed by atoms with Gasteiger partial charge in [-0.1, -0.05) is 0 Å². The maximum atomic E-state index is 5.36. The van der Waals surface area contributed by atoms with Crippen LogP contribution in [-0.4, -0.2) is 29.0 Å². The van der Waals surface area contributed by atoms with Crippen LogP contribution in [0.2, 0.25) is 0 Å². The number of hydrogen-bond acceptors (Lipinski definition) is 3. The van der Waals surface area contributed by atoms with Gasteiger partial charge in [-0.2, -0.15) is 5.10 Å². The van der Waals surface area contributed by atoms with E-state index >= 15 is 0 Å². The van der Waals surface area contributed by atoms with Gasteiger partial charge in [0.1, 0.15) is 0 Å². The Balaban J connectivity index is 1.96. The van der Waals surface area contributed by atoms with Gasteiger partial charge in [-0.15, -0.1) is 0 Å². The van der Waals surface area contributed by atoms with E-state index in [1.807, 2.05) is 17.9 Å². The molecule has 1 aromatic rings. The summed E-state index contributed by atoms with van der Waals surface area (Å²) in [5.74, 6) is 0. The minimum absolute atomic E-state index is 0.372. The molecule has 0 bridgehead atoms. The molecule has 1 fully saturated rings. The molecule has 1 saturated heterocycles. The second-order valence-corrected chi connectivity index (χ2v) is 4.58. The molecule has 1 aliphatic heterocycles. The monoisotopic (exact) mass is 223 g/mol. The fourth-order valence-corrected chi connectivity index (χ4v) is 2.25. The SMILES string of the molecule is Cc1c(C(C)NC2CCOCC2)cnn1C. The Morgan fingerprint density at radius 3 is 2.75 bits per heavy atom. The molecule has 16 heavy (non-hydrogen) atoms. The lowest BCUT2D eigenvalue weighted by atomic mass is 10.0. The van der Waals surface area contributed by atoms with Crippen LogP contribution in [0.3, 0.4) is 0 Å². The molecule has 4 heteroatoms. The summed E-state index contributed by atoms with van der Waals surface area (Å²) in [6.07, 6.45) is 4.19. The first-order chi connectivity index (χ1) is 7.68. The second kappa shape index (κ2) is 4.97. The molecule has 0 aromatic carbocycles. The van der Waals surface area contributed by atoms with E-state index in [4.69, 9.17) is 4.74 Å². The van der Waals surface area contributed by atoms with Gasteiger partial charge in [0, 0.05) is 43.6 Å². The van der Waals surface area contributed by atoms with Crippen molar-refractivity contribution in [1.29, 1.82) is 0 Å². The normalized spacial score (nSPS) is 19.9. The highest BCUT2D eigenvalue weighted by Gasteiger charge is 2.18. The summed E-state index contributed by atoms with van der Waals surface area (Å²) in [6, 6.07) is 0.958. The van der Waals surface area contributed by atoms with Crippen molar-refractivity contribution in [2.75, 3.05) is 13.2 Å². The van der Waals surface area contributed by atoms with Gasteiger partial charge < -0.3 is 10.1 Å². The van der Waals surface area contributed by atoms with Gasteiger partial charge in [0.2, 0.25) is 0 Å². The molecular formula is C12H21N3O. The third-order valence-electron chi connectivity index (χ3n) is 3.45. The standard InChI is InChI=1S/C12H21N3O/c1-9(12-8-13-15(3)10(12)2)14-11-4-6-16-7-5-11/h8-9,11,14H,4-7H2,1-3H3. The molecule has 0 amide bonds. The van der Waals surface area contributed by atoms with Gasteiger partial charge in [0.05, 0.1) is 6.20 Å². The first-order valence-electron chi connectivity index (χ1n) is 6.00. The van der Waals surface area contributed by atoms with Crippen molar-refractivity contribution in [1.82, 2.24) is 15.1 Å². The Morgan fingerprint density at radius 1 is 1.50 bits per heavy atom. The Bertz CT molecular complexity index is 342. The maximum Gasteiger partial charge on any atom is 0.0540 e. The fraction of sp³-hybridized carbons (Fsp3) is 0.750. The molecule has 0 spiro atoms. The minimum Gasteiger partial charge on any atom is -0.381 e. The smallest absolute Gasteiger partial charge is 0.0540 e. The molecule has 1 atom stereocenters. The zero-order valence-corrected chi connectivity index (χ0v) is 10.4. The number of nitrogens with zero attached hydrogens (tertiary/aromatic N) is 2. The predicted octanol–water partition coefficient (Wildman–Crippen LogP) is 1.56. The number of ether oxygens (including phenoxy) is 1. The lowest BCUT2D eigenvalue weighted by molar-refractivity contribution is 0.0754. The summed E-state index contributed by atoms with van der Waals surface area (Å²) in [6.45, 7) is 6.09. The number of aromatic nitrogens is 2. The van der Waals surface area contributed by atoms with Crippen molar-refractivity contribution in [2.24, 2.45) is 7.05 Å². The molecule has 0 saturated carbocycles. The quantitative estimate of drug-likeness (QED) is 0.845. The van der Waals surface area contributed by atoms with E-state index in [-0.39, 0.29) is 0 Å². The van der Waals surface area contributed by atoms with Crippen molar-refractivity contribution in [3.63, 3.8) is 0 Å². The molecule has 2 rings (SSSR count). The Labute approximate surface area is 97.0 Å². The first-order valence-corrected chi connectivity index (χ1v) is 6.00. The third kappa shape index (κ3) is 2.44. The summed E-state index contributed by atoms with van der Waals surface area (Å²) in [4.78, 5) is 0. The van der Waals surface area contributed by atoms with E-state index in [0.717, 1.165) is 26.1 Å². The lowest BCUT2D eigenvalue weighted by Gasteiger charge is -2.26. The third-order valence-corrected chi connectivity index (χ3v) is 3.45. The Morgan fingerprint density at radius 2 is 2.19 bits per heavy atom. The number of nitrogens with one attached hydrogen (secondary N) is 1. The zero-order valence-electron chi connectivity index (χ0n) is 10.4. The highest BCUT2D eigenvalue weighted by molar-refractivity contribution is 5.19. The van der Waals surface area contributed by atoms with Crippen LogP contribution in [0, 0.1) is 6.92 Å². The van der Waals surface area contributed by atoms with Crippen molar-refractivity contribution in [3.05, 3.63) is 17.5 Å². The number of aryl methyl sites for hydroxylation is 1. The van der Waals surface area contributed by atoms with Crippen molar-refractivity contribution >= 4 is 0 Å². The predicted molar refractivity (Wildman–Crippen MR) is 63.3 cm³/mol. The van der Waals surface area contributed by atoms with E-state index in [2.05, 4.69) is 24.3 Å². The van der Waals surface area contributed by atoms with Crippen LogP contribution < -0.4 is 5.32 Å². The molecule has 1 unspecified atom stereocenters. The highest BCUT2D eigenvalue weighted by atomic mass is 16.5. The summed E-state index contributed by atoms with van der Waals surface area (Å²) in [7, 11) is 1.99. The van der Waals surface area contributed by atoms with Crippen LogP contribution in [0.4, 0.5) is 0 Å². The Kier molecular flexibility index (Phi) is 3.61. The first kappa shape index (κ1) is 11.6. The van der Waals surface area contributed by atoms with E-state index in [0.29, 0.717) is 12.1 Å². The average Bonchev–Trinajstić information content (AvgIpc) is 2.61. The summed E-state index contributed by atoms with van der Waals surface area (Å²) >= 11 is 0. The van der Waals surface area contributed by atoms with Crippen LogP contribution in [0.25, 0.3) is 0 Å². The molecule has 90 valence electrons. The fourth-order valence-electron chi connectivity index (χ4n) is 2.25. The van der Waals surface area contributed by atoms with E-state index in [9.17, 15) is 0 Å². The van der Waals surface area contributed by atoms with E-state index in [1.165, 1.54) is 11.3 Å². The van der Waals surface area contributed by atoms with Gasteiger partial charge in [-0.3, -0.25) is 4.68 Å². The summed E-state index contributed by atoms with van der Waals surface area (Å²) < 4.78 is 7.29. The van der Waals surface area contributed by atoms with Gasteiger partial charge >= 0.3 is 0 Å². The van der Waals surface area contributed by atoms with E-state index < -0.39 is 0 Å². The van der Waals surface area contributed by atoms with Crippen LogP contribution in [-0.2, 0) is 11.8 Å². The van der Waals surface area contributed by atoms with E-state index in [1.54, 1.807) is 0 Å². The van der Waals surface area contributed by atoms with Gasteiger partial charge in [0.25, 0.3) is 0 Å². The van der Waals surface area contributed by atoms with Gasteiger partial charge in [0.15, 0.2) is 0 Å². The molecular weight excluding hydrogens is 202 g/mol. The highest BCUT2D eigenvalue weighted by Crippen LogP contribution is 2.18. The molecule has 0 aliphatic carbocycles. The maximum absolute atomic E-state index is 5.36. The number of rotatable bonds is 3. The van der Waals surface area contributed by atoms with Gasteiger partial charge in [-0.05, 0) is 26.7 Å². The van der Waals surface area contributed by atoms with Crippen molar-refractivity contribution in [2.45, 2.75) is 38.8 Å². The molecule has 1 N–H and O–H groups in total. The van der Waals surface area contributed by atoms with Crippen LogP contribution in [0.5, 0.6) is 0 Å². The second-order valence-electron chi connectivity index (χ2n) is 4.58. The van der Waals surface area contributed by atoms with Crippen LogP contribution in [0.15, 0.2) is 6.20 Å². The summed E-state index contributed by atoms with van der Waals surface area (Å²) in [5, 5.41) is 7.94. The lowest BCUT2D eigenvalue weighted by Crippen LogP contribution is -2.36. The molecule has 4 nitrogen and oxygen atoms in total. The molecule has 1 aliphatic rings. The molecule has 1 aromatic heterocycles. The topological polar surface area (TPSA) is 39.1 Å². The largest absolute Gasteiger partial charge is 0.381 e.